The SMILES string of the molecule is CCCNCCCCCCOc1ccc(SC)cc1. The lowest BCUT2D eigenvalue weighted by molar-refractivity contribution is 0.304. The van der Waals surface area contributed by atoms with Gasteiger partial charge in [0.25, 0.3) is 0 Å². The molecule has 0 saturated heterocycles. The van der Waals surface area contributed by atoms with Crippen LogP contribution >= 0.6 is 11.8 Å². The zero-order chi connectivity index (χ0) is 13.8. The van der Waals surface area contributed by atoms with Crippen LogP contribution < -0.4 is 10.1 Å². The van der Waals surface area contributed by atoms with E-state index in [-0.39, 0.29) is 0 Å². The molecule has 0 bridgehead atoms. The Morgan fingerprint density at radius 3 is 2.42 bits per heavy atom. The van der Waals surface area contributed by atoms with E-state index in [0.717, 1.165) is 31.9 Å². The Kier molecular flexibility index (Phi) is 9.64. The summed E-state index contributed by atoms with van der Waals surface area (Å²) >= 11 is 1.76. The maximum Gasteiger partial charge on any atom is 0.119 e. The monoisotopic (exact) mass is 281 g/mol. The number of hydrogen-bond donors (Lipinski definition) is 1. The summed E-state index contributed by atoms with van der Waals surface area (Å²) in [6.45, 7) is 5.34. The molecular formula is C16H27NOS. The Morgan fingerprint density at radius 2 is 1.74 bits per heavy atom. The van der Waals surface area contributed by atoms with Gasteiger partial charge in [-0.1, -0.05) is 19.8 Å². The molecule has 1 rings (SSSR count). The summed E-state index contributed by atoms with van der Waals surface area (Å²) in [5, 5.41) is 3.43. The number of hydrogen-bond acceptors (Lipinski definition) is 3. The molecule has 3 heteroatoms. The highest BCUT2D eigenvalue weighted by Crippen LogP contribution is 2.19. The van der Waals surface area contributed by atoms with Crippen molar-refractivity contribution in [1.82, 2.24) is 5.32 Å². The first kappa shape index (κ1) is 16.4. The Morgan fingerprint density at radius 1 is 1.00 bits per heavy atom. The van der Waals surface area contributed by atoms with Gasteiger partial charge < -0.3 is 10.1 Å². The molecule has 0 aromatic heterocycles. The van der Waals surface area contributed by atoms with E-state index in [9.17, 15) is 0 Å². The van der Waals surface area contributed by atoms with Crippen LogP contribution in [0.2, 0.25) is 0 Å². The van der Waals surface area contributed by atoms with Crippen molar-refractivity contribution in [3.63, 3.8) is 0 Å². The van der Waals surface area contributed by atoms with Crippen molar-refractivity contribution in [3.8, 4) is 5.75 Å². The first-order valence-electron chi connectivity index (χ1n) is 7.34. The van der Waals surface area contributed by atoms with E-state index in [1.54, 1.807) is 11.8 Å². The lowest BCUT2D eigenvalue weighted by Crippen LogP contribution is -2.15. The van der Waals surface area contributed by atoms with Crippen LogP contribution in [0.3, 0.4) is 0 Å². The van der Waals surface area contributed by atoms with Crippen LogP contribution in [0.5, 0.6) is 5.75 Å². The van der Waals surface area contributed by atoms with Gasteiger partial charge in [-0.3, -0.25) is 0 Å². The van der Waals surface area contributed by atoms with E-state index in [2.05, 4.69) is 42.8 Å². The summed E-state index contributed by atoms with van der Waals surface area (Å²) in [6.07, 6.45) is 8.30. The van der Waals surface area contributed by atoms with E-state index in [4.69, 9.17) is 4.74 Å². The van der Waals surface area contributed by atoms with Gasteiger partial charge in [0, 0.05) is 4.90 Å². The van der Waals surface area contributed by atoms with Crippen LogP contribution in [-0.4, -0.2) is 26.0 Å². The molecule has 0 radical (unpaired) electrons. The minimum Gasteiger partial charge on any atom is -0.494 e. The van der Waals surface area contributed by atoms with Gasteiger partial charge in [-0.05, 0) is 62.9 Å². The summed E-state index contributed by atoms with van der Waals surface area (Å²) in [4.78, 5) is 1.28. The van der Waals surface area contributed by atoms with Crippen LogP contribution in [0.4, 0.5) is 0 Å². The van der Waals surface area contributed by atoms with Gasteiger partial charge in [-0.15, -0.1) is 11.8 Å². The van der Waals surface area contributed by atoms with Crippen molar-refractivity contribution in [2.24, 2.45) is 0 Å². The molecule has 1 N–H and O–H groups in total. The minimum atomic E-state index is 0.834. The number of nitrogens with one attached hydrogen (secondary N) is 1. The maximum atomic E-state index is 5.73. The summed E-state index contributed by atoms with van der Waals surface area (Å²) in [7, 11) is 0. The lowest BCUT2D eigenvalue weighted by atomic mass is 10.2. The van der Waals surface area contributed by atoms with Crippen molar-refractivity contribution >= 4 is 11.8 Å². The second-order valence-corrected chi connectivity index (χ2v) is 5.57. The standard InChI is InChI=1S/C16H27NOS/c1-3-12-17-13-6-4-5-7-14-18-15-8-10-16(19-2)11-9-15/h8-11,17H,3-7,12-14H2,1-2H3. The van der Waals surface area contributed by atoms with Gasteiger partial charge in [0.1, 0.15) is 5.75 Å². The maximum absolute atomic E-state index is 5.73. The highest BCUT2D eigenvalue weighted by molar-refractivity contribution is 7.98. The van der Waals surface area contributed by atoms with Crippen molar-refractivity contribution in [1.29, 1.82) is 0 Å². The summed E-state index contributed by atoms with van der Waals surface area (Å²) < 4.78 is 5.73. The van der Waals surface area contributed by atoms with E-state index in [0.29, 0.717) is 0 Å². The quantitative estimate of drug-likeness (QED) is 0.481. The van der Waals surface area contributed by atoms with Gasteiger partial charge in [-0.25, -0.2) is 0 Å². The molecule has 0 unspecified atom stereocenters. The smallest absolute Gasteiger partial charge is 0.119 e. The molecule has 1 aromatic rings. The molecule has 0 aliphatic rings. The number of thioether (sulfide) groups is 1. The van der Waals surface area contributed by atoms with Crippen LogP contribution in [0.25, 0.3) is 0 Å². The molecule has 19 heavy (non-hydrogen) atoms. The molecule has 0 amide bonds. The molecule has 0 spiro atoms. The Labute approximate surface area is 122 Å². The third-order valence-corrected chi connectivity index (χ3v) is 3.75. The molecule has 108 valence electrons. The number of unbranched alkanes of at least 4 members (excludes halogenated alkanes) is 3. The Hall–Kier alpha value is -0.670. The number of rotatable bonds is 11. The van der Waals surface area contributed by atoms with Crippen molar-refractivity contribution < 1.29 is 4.74 Å². The van der Waals surface area contributed by atoms with Crippen LogP contribution in [-0.2, 0) is 0 Å². The van der Waals surface area contributed by atoms with Gasteiger partial charge in [0.2, 0.25) is 0 Å². The summed E-state index contributed by atoms with van der Waals surface area (Å²) in [5.41, 5.74) is 0. The predicted octanol–water partition coefficient (Wildman–Crippen LogP) is 4.35. The highest BCUT2D eigenvalue weighted by Gasteiger charge is 1.95. The lowest BCUT2D eigenvalue weighted by Gasteiger charge is -2.07. The van der Waals surface area contributed by atoms with Gasteiger partial charge >= 0.3 is 0 Å². The molecule has 0 heterocycles. The third kappa shape index (κ3) is 8.17. The largest absolute Gasteiger partial charge is 0.494 e. The minimum absolute atomic E-state index is 0.834. The zero-order valence-corrected chi connectivity index (χ0v) is 13.1. The Bertz CT molecular complexity index is 313. The average Bonchev–Trinajstić information content (AvgIpc) is 2.46. The fourth-order valence-electron chi connectivity index (χ4n) is 1.87. The first-order valence-corrected chi connectivity index (χ1v) is 8.57. The van der Waals surface area contributed by atoms with E-state index < -0.39 is 0 Å². The molecule has 0 aliphatic carbocycles. The van der Waals surface area contributed by atoms with E-state index >= 15 is 0 Å². The normalized spacial score (nSPS) is 10.6. The third-order valence-electron chi connectivity index (χ3n) is 3.00. The average molecular weight is 281 g/mol. The fourth-order valence-corrected chi connectivity index (χ4v) is 2.28. The summed E-state index contributed by atoms with van der Waals surface area (Å²) in [5.74, 6) is 0.988. The van der Waals surface area contributed by atoms with Gasteiger partial charge in [0.15, 0.2) is 0 Å². The molecule has 0 atom stereocenters. The predicted molar refractivity (Wildman–Crippen MR) is 85.3 cm³/mol. The molecule has 0 aliphatic heterocycles. The topological polar surface area (TPSA) is 21.3 Å². The number of ether oxygens (including phenoxy) is 1. The molecule has 1 aromatic carbocycles. The van der Waals surface area contributed by atoms with Crippen LogP contribution in [0.15, 0.2) is 29.2 Å². The second-order valence-electron chi connectivity index (χ2n) is 4.69. The Balaban J connectivity index is 1.95. The molecule has 0 fully saturated rings. The summed E-state index contributed by atoms with van der Waals surface area (Å²) in [6, 6.07) is 8.33. The van der Waals surface area contributed by atoms with Crippen LogP contribution in [0, 0.1) is 0 Å². The van der Waals surface area contributed by atoms with Gasteiger partial charge in [0.05, 0.1) is 6.61 Å². The van der Waals surface area contributed by atoms with Crippen molar-refractivity contribution in [2.75, 3.05) is 26.0 Å². The zero-order valence-electron chi connectivity index (χ0n) is 12.3. The number of benzene rings is 1. The fraction of sp³-hybridized carbons (Fsp3) is 0.625. The highest BCUT2D eigenvalue weighted by atomic mass is 32.2. The van der Waals surface area contributed by atoms with E-state index in [1.165, 1.54) is 30.6 Å². The molecular weight excluding hydrogens is 254 g/mol. The van der Waals surface area contributed by atoms with Crippen LogP contribution in [0.1, 0.15) is 39.0 Å². The van der Waals surface area contributed by atoms with Crippen molar-refractivity contribution in [3.05, 3.63) is 24.3 Å². The second kappa shape index (κ2) is 11.2. The van der Waals surface area contributed by atoms with Crippen molar-refractivity contribution in [2.45, 2.75) is 43.9 Å². The first-order chi connectivity index (χ1) is 9.36. The van der Waals surface area contributed by atoms with E-state index in [1.807, 2.05) is 0 Å². The van der Waals surface area contributed by atoms with Gasteiger partial charge in [-0.2, -0.15) is 0 Å². The molecule has 2 nitrogen and oxygen atoms in total. The molecule has 0 saturated carbocycles.